The number of halogens is 3. The monoisotopic (exact) mass is 300 g/mol. The molecule has 108 valence electrons. The molecule has 0 fully saturated rings. The number of nitrogens with zero attached hydrogens (tertiary/aromatic N) is 1. The quantitative estimate of drug-likeness (QED) is 0.843. The maximum absolute atomic E-state index is 12.9. The second-order valence-corrected chi connectivity index (χ2v) is 5.55. The van der Waals surface area contributed by atoms with Crippen LogP contribution in [0.25, 0.3) is 0 Å². The average molecular weight is 300 g/mol. The van der Waals surface area contributed by atoms with Crippen LogP contribution in [0.15, 0.2) is 35.7 Å². The van der Waals surface area contributed by atoms with Gasteiger partial charge >= 0.3 is 6.18 Å². The molecule has 1 aromatic carbocycles. The molecule has 2 aromatic rings. The molecule has 2 rings (SSSR count). The average Bonchev–Trinajstić information content (AvgIpc) is 2.90. The van der Waals surface area contributed by atoms with Gasteiger partial charge in [-0.05, 0) is 36.6 Å². The fourth-order valence-corrected chi connectivity index (χ4v) is 2.78. The number of nitrogens with two attached hydrogens (primary N) is 1. The number of nitrogen functional groups attached to an aromatic ring is 1. The molecule has 0 bridgehead atoms. The Balaban J connectivity index is 2.33. The molecule has 1 heterocycles. The molecular weight excluding hydrogens is 285 g/mol. The van der Waals surface area contributed by atoms with Crippen LogP contribution in [0, 0.1) is 0 Å². The van der Waals surface area contributed by atoms with Crippen molar-refractivity contribution in [3.05, 3.63) is 46.2 Å². The third-order valence-corrected chi connectivity index (χ3v) is 4.33. The summed E-state index contributed by atoms with van der Waals surface area (Å²) in [6.45, 7) is 1.95. The van der Waals surface area contributed by atoms with Crippen molar-refractivity contribution in [1.29, 1.82) is 0 Å². The van der Waals surface area contributed by atoms with Gasteiger partial charge < -0.3 is 10.6 Å². The van der Waals surface area contributed by atoms with Crippen molar-refractivity contribution < 1.29 is 13.2 Å². The molecule has 2 nitrogen and oxygen atoms in total. The summed E-state index contributed by atoms with van der Waals surface area (Å²) in [5.41, 5.74) is 4.86. The molecule has 0 saturated carbocycles. The molecule has 1 aromatic heterocycles. The molecule has 6 heteroatoms. The molecule has 0 aliphatic rings. The Kier molecular flexibility index (Phi) is 3.94. The lowest BCUT2D eigenvalue weighted by molar-refractivity contribution is -0.136. The van der Waals surface area contributed by atoms with Crippen LogP contribution in [0.5, 0.6) is 0 Å². The first-order valence-corrected chi connectivity index (χ1v) is 6.91. The van der Waals surface area contributed by atoms with Gasteiger partial charge in [0.25, 0.3) is 0 Å². The van der Waals surface area contributed by atoms with E-state index in [2.05, 4.69) is 0 Å². The van der Waals surface area contributed by atoms with Crippen LogP contribution in [0.1, 0.15) is 23.4 Å². The molecule has 0 radical (unpaired) electrons. The van der Waals surface area contributed by atoms with Gasteiger partial charge in [-0.15, -0.1) is 11.3 Å². The third kappa shape index (κ3) is 2.90. The zero-order valence-corrected chi connectivity index (χ0v) is 11.9. The lowest BCUT2D eigenvalue weighted by Gasteiger charge is -2.27. The molecule has 0 saturated heterocycles. The fraction of sp³-hybridized carbons (Fsp3) is 0.286. The highest BCUT2D eigenvalue weighted by Gasteiger charge is 2.33. The van der Waals surface area contributed by atoms with E-state index in [-0.39, 0.29) is 11.7 Å². The molecule has 1 atom stereocenters. The van der Waals surface area contributed by atoms with Crippen molar-refractivity contribution in [2.24, 2.45) is 0 Å². The number of anilines is 2. The lowest BCUT2D eigenvalue weighted by atomic mass is 10.1. The summed E-state index contributed by atoms with van der Waals surface area (Å²) in [5.74, 6) is 0. The van der Waals surface area contributed by atoms with Gasteiger partial charge in [0.05, 0.1) is 11.6 Å². The number of benzene rings is 1. The van der Waals surface area contributed by atoms with Crippen LogP contribution >= 0.6 is 11.3 Å². The van der Waals surface area contributed by atoms with E-state index in [1.54, 1.807) is 29.4 Å². The zero-order chi connectivity index (χ0) is 14.9. The first-order chi connectivity index (χ1) is 9.30. The van der Waals surface area contributed by atoms with Crippen molar-refractivity contribution in [1.82, 2.24) is 0 Å². The van der Waals surface area contributed by atoms with Gasteiger partial charge in [-0.25, -0.2) is 0 Å². The summed E-state index contributed by atoms with van der Waals surface area (Å²) in [6.07, 6.45) is -4.44. The van der Waals surface area contributed by atoms with Crippen LogP contribution in [0.2, 0.25) is 0 Å². The number of rotatable bonds is 3. The van der Waals surface area contributed by atoms with E-state index in [4.69, 9.17) is 5.73 Å². The Bertz CT molecular complexity index is 579. The van der Waals surface area contributed by atoms with Crippen LogP contribution < -0.4 is 10.6 Å². The standard InChI is InChI=1S/C14H15F3N2S/c1-9(13-4-3-7-20-13)19(2)10-5-6-12(18)11(8-10)14(15,16)17/h3-9H,18H2,1-2H3. The predicted octanol–water partition coefficient (Wildman–Crippen LogP) is 4.55. The normalized spacial score (nSPS) is 13.2. The Morgan fingerprint density at radius 1 is 1.25 bits per heavy atom. The number of alkyl halides is 3. The van der Waals surface area contributed by atoms with Crippen molar-refractivity contribution >= 4 is 22.7 Å². The molecule has 2 N–H and O–H groups in total. The van der Waals surface area contributed by atoms with Crippen molar-refractivity contribution in [3.8, 4) is 0 Å². The van der Waals surface area contributed by atoms with Crippen molar-refractivity contribution in [3.63, 3.8) is 0 Å². The Labute approximate surface area is 119 Å². The fourth-order valence-electron chi connectivity index (χ4n) is 1.95. The van der Waals surface area contributed by atoms with Crippen LogP contribution in [0.3, 0.4) is 0 Å². The van der Waals surface area contributed by atoms with Gasteiger partial charge in [-0.3, -0.25) is 0 Å². The number of hydrogen-bond acceptors (Lipinski definition) is 3. The third-order valence-electron chi connectivity index (χ3n) is 3.29. The van der Waals surface area contributed by atoms with E-state index in [0.29, 0.717) is 5.69 Å². The highest BCUT2D eigenvalue weighted by Crippen LogP contribution is 2.37. The second kappa shape index (κ2) is 5.36. The largest absolute Gasteiger partial charge is 0.418 e. The molecule has 20 heavy (non-hydrogen) atoms. The van der Waals surface area contributed by atoms with Gasteiger partial charge in [0.2, 0.25) is 0 Å². The van der Waals surface area contributed by atoms with Gasteiger partial charge in [0, 0.05) is 23.3 Å². The summed E-state index contributed by atoms with van der Waals surface area (Å²) < 4.78 is 38.6. The molecule has 0 aliphatic carbocycles. The molecule has 0 aliphatic heterocycles. The summed E-state index contributed by atoms with van der Waals surface area (Å²) in [4.78, 5) is 2.90. The number of thiophene rings is 1. The van der Waals surface area contributed by atoms with Gasteiger partial charge in [0.1, 0.15) is 0 Å². The van der Waals surface area contributed by atoms with E-state index in [0.717, 1.165) is 10.9 Å². The van der Waals surface area contributed by atoms with E-state index in [1.807, 2.05) is 24.4 Å². The van der Waals surface area contributed by atoms with Crippen molar-refractivity contribution in [2.75, 3.05) is 17.7 Å². The zero-order valence-electron chi connectivity index (χ0n) is 11.1. The topological polar surface area (TPSA) is 29.3 Å². The first-order valence-electron chi connectivity index (χ1n) is 6.03. The Morgan fingerprint density at radius 2 is 1.95 bits per heavy atom. The SMILES string of the molecule is CC(c1cccs1)N(C)c1ccc(N)c(C(F)(F)F)c1. The minimum Gasteiger partial charge on any atom is -0.398 e. The summed E-state index contributed by atoms with van der Waals surface area (Å²) in [5, 5.41) is 1.95. The van der Waals surface area contributed by atoms with E-state index in [1.165, 1.54) is 6.07 Å². The minimum absolute atomic E-state index is 0.000270. The van der Waals surface area contributed by atoms with E-state index in [9.17, 15) is 13.2 Å². The lowest BCUT2D eigenvalue weighted by Crippen LogP contribution is -2.21. The first kappa shape index (κ1) is 14.7. The van der Waals surface area contributed by atoms with E-state index >= 15 is 0 Å². The smallest absolute Gasteiger partial charge is 0.398 e. The highest BCUT2D eigenvalue weighted by molar-refractivity contribution is 7.10. The molecule has 0 amide bonds. The number of hydrogen-bond donors (Lipinski definition) is 1. The van der Waals surface area contributed by atoms with E-state index < -0.39 is 11.7 Å². The Hall–Kier alpha value is -1.69. The van der Waals surface area contributed by atoms with Crippen molar-refractivity contribution in [2.45, 2.75) is 19.1 Å². The highest BCUT2D eigenvalue weighted by atomic mass is 32.1. The van der Waals surface area contributed by atoms with Crippen LogP contribution in [-0.4, -0.2) is 7.05 Å². The maximum Gasteiger partial charge on any atom is 0.418 e. The maximum atomic E-state index is 12.9. The summed E-state index contributed by atoms with van der Waals surface area (Å²) in [6, 6.07) is 7.89. The molecular formula is C14H15F3N2S. The van der Waals surface area contributed by atoms with Crippen LogP contribution in [0.4, 0.5) is 24.5 Å². The summed E-state index contributed by atoms with van der Waals surface area (Å²) >= 11 is 1.58. The van der Waals surface area contributed by atoms with Crippen LogP contribution in [-0.2, 0) is 6.18 Å². The molecule has 0 spiro atoms. The van der Waals surface area contributed by atoms with Gasteiger partial charge in [0.15, 0.2) is 0 Å². The van der Waals surface area contributed by atoms with Gasteiger partial charge in [-0.2, -0.15) is 13.2 Å². The second-order valence-electron chi connectivity index (χ2n) is 4.57. The van der Waals surface area contributed by atoms with Gasteiger partial charge in [-0.1, -0.05) is 6.07 Å². The Morgan fingerprint density at radius 3 is 2.50 bits per heavy atom. The molecule has 1 unspecified atom stereocenters. The predicted molar refractivity (Wildman–Crippen MR) is 77.0 cm³/mol. The minimum atomic E-state index is -4.44. The summed E-state index contributed by atoms with van der Waals surface area (Å²) in [7, 11) is 1.77.